The first-order chi connectivity index (χ1) is 12.5. The molecule has 0 saturated carbocycles. The molecule has 0 aromatic heterocycles. The first-order valence-electron chi connectivity index (χ1n) is 7.88. The van der Waals surface area contributed by atoms with Gasteiger partial charge in [0.05, 0.1) is 16.3 Å². The van der Waals surface area contributed by atoms with Crippen LogP contribution in [0, 0.1) is 0 Å². The molecule has 0 fully saturated rings. The van der Waals surface area contributed by atoms with Crippen LogP contribution in [-0.2, 0) is 16.7 Å². The number of hydrogen-bond donors (Lipinski definition) is 2. The van der Waals surface area contributed by atoms with Crippen LogP contribution in [0.5, 0.6) is 0 Å². The van der Waals surface area contributed by atoms with Gasteiger partial charge < -0.3 is 5.32 Å². The lowest BCUT2D eigenvalue weighted by Crippen LogP contribution is -1.98. The van der Waals surface area contributed by atoms with Crippen LogP contribution in [0.3, 0.4) is 0 Å². The van der Waals surface area contributed by atoms with Gasteiger partial charge in [0.15, 0.2) is 0 Å². The molecule has 0 saturated heterocycles. The van der Waals surface area contributed by atoms with Gasteiger partial charge in [0.2, 0.25) is 0 Å². The van der Waals surface area contributed by atoms with Gasteiger partial charge in [-0.1, -0.05) is 30.3 Å². The van der Waals surface area contributed by atoms with Crippen LogP contribution in [-0.4, -0.2) is 13.0 Å². The standard InChI is InChI=1S/C19H17N3O3S/c23-26(24,25)19-12-10-18(11-13-19)22-21-17-8-6-16(7-9-17)20-14-15-4-2-1-3-5-15/h1-13,20H,14H2,(H,23,24,25)/b22-21+. The number of rotatable bonds is 6. The molecule has 2 N–H and O–H groups in total. The van der Waals surface area contributed by atoms with E-state index in [2.05, 4.69) is 27.7 Å². The lowest BCUT2D eigenvalue weighted by molar-refractivity contribution is 0.483. The molecule has 0 atom stereocenters. The van der Waals surface area contributed by atoms with Crippen molar-refractivity contribution in [3.8, 4) is 0 Å². The van der Waals surface area contributed by atoms with E-state index >= 15 is 0 Å². The largest absolute Gasteiger partial charge is 0.381 e. The number of nitrogens with one attached hydrogen (secondary N) is 1. The number of nitrogens with zero attached hydrogens (tertiary/aromatic N) is 2. The normalized spacial score (nSPS) is 11.6. The lowest BCUT2D eigenvalue weighted by atomic mass is 10.2. The summed E-state index contributed by atoms with van der Waals surface area (Å²) in [5.41, 5.74) is 3.34. The van der Waals surface area contributed by atoms with Crippen LogP contribution in [0.25, 0.3) is 0 Å². The van der Waals surface area contributed by atoms with E-state index in [0.717, 1.165) is 12.2 Å². The van der Waals surface area contributed by atoms with Crippen molar-refractivity contribution in [1.29, 1.82) is 0 Å². The number of azo groups is 1. The van der Waals surface area contributed by atoms with E-state index in [1.54, 1.807) is 0 Å². The van der Waals surface area contributed by atoms with Crippen molar-refractivity contribution < 1.29 is 13.0 Å². The zero-order valence-corrected chi connectivity index (χ0v) is 14.6. The van der Waals surface area contributed by atoms with Crippen molar-refractivity contribution in [2.45, 2.75) is 11.4 Å². The van der Waals surface area contributed by atoms with Gasteiger partial charge in [0.25, 0.3) is 10.1 Å². The first kappa shape index (κ1) is 17.8. The molecule has 0 radical (unpaired) electrons. The van der Waals surface area contributed by atoms with Crippen molar-refractivity contribution in [2.24, 2.45) is 10.2 Å². The van der Waals surface area contributed by atoms with Gasteiger partial charge >= 0.3 is 0 Å². The summed E-state index contributed by atoms with van der Waals surface area (Å²) in [6, 6.07) is 23.1. The zero-order chi connectivity index (χ0) is 18.4. The van der Waals surface area contributed by atoms with Gasteiger partial charge in [-0.15, -0.1) is 0 Å². The maximum absolute atomic E-state index is 11.0. The third-order valence-electron chi connectivity index (χ3n) is 3.62. The highest BCUT2D eigenvalue weighted by molar-refractivity contribution is 7.85. The van der Waals surface area contributed by atoms with E-state index in [0.29, 0.717) is 11.4 Å². The molecule has 0 heterocycles. The molecular formula is C19H17N3O3S. The maximum Gasteiger partial charge on any atom is 0.294 e. The Morgan fingerprint density at radius 1 is 0.769 bits per heavy atom. The van der Waals surface area contributed by atoms with E-state index < -0.39 is 10.1 Å². The Bertz CT molecular complexity index is 984. The van der Waals surface area contributed by atoms with E-state index in [-0.39, 0.29) is 4.90 Å². The molecule has 0 amide bonds. The van der Waals surface area contributed by atoms with E-state index in [9.17, 15) is 8.42 Å². The molecule has 0 spiro atoms. The van der Waals surface area contributed by atoms with Gasteiger partial charge in [-0.05, 0) is 54.1 Å². The molecule has 3 aromatic carbocycles. The van der Waals surface area contributed by atoms with Gasteiger partial charge in [-0.3, -0.25) is 4.55 Å². The second-order valence-electron chi connectivity index (χ2n) is 5.55. The van der Waals surface area contributed by atoms with Gasteiger partial charge in [-0.2, -0.15) is 18.6 Å². The molecule has 7 heteroatoms. The van der Waals surface area contributed by atoms with Gasteiger partial charge in [0, 0.05) is 12.2 Å². The van der Waals surface area contributed by atoms with Crippen molar-refractivity contribution in [3.63, 3.8) is 0 Å². The fourth-order valence-electron chi connectivity index (χ4n) is 2.25. The summed E-state index contributed by atoms with van der Waals surface area (Å²) in [5.74, 6) is 0. The molecule has 6 nitrogen and oxygen atoms in total. The molecule has 0 bridgehead atoms. The summed E-state index contributed by atoms with van der Waals surface area (Å²) < 4.78 is 30.9. The molecule has 0 aliphatic heterocycles. The summed E-state index contributed by atoms with van der Waals surface area (Å²) in [7, 11) is -4.20. The van der Waals surface area contributed by atoms with Crippen LogP contribution in [0.4, 0.5) is 17.1 Å². The summed E-state index contributed by atoms with van der Waals surface area (Å²) in [4.78, 5) is -0.176. The Morgan fingerprint density at radius 3 is 1.85 bits per heavy atom. The van der Waals surface area contributed by atoms with Crippen LogP contribution >= 0.6 is 0 Å². The molecule has 0 aliphatic carbocycles. The molecule has 0 aliphatic rings. The van der Waals surface area contributed by atoms with Crippen LogP contribution < -0.4 is 5.32 Å². The fourth-order valence-corrected chi connectivity index (χ4v) is 2.73. The Balaban J connectivity index is 1.61. The third-order valence-corrected chi connectivity index (χ3v) is 4.49. The number of anilines is 1. The average molecular weight is 367 g/mol. The predicted octanol–water partition coefficient (Wildman–Crippen LogP) is 4.96. The summed E-state index contributed by atoms with van der Waals surface area (Å²) in [5, 5.41) is 11.5. The van der Waals surface area contributed by atoms with E-state index in [4.69, 9.17) is 4.55 Å². The Morgan fingerprint density at radius 2 is 1.31 bits per heavy atom. The maximum atomic E-state index is 11.0. The minimum Gasteiger partial charge on any atom is -0.381 e. The minimum absolute atomic E-state index is 0.176. The lowest BCUT2D eigenvalue weighted by Gasteiger charge is -2.06. The SMILES string of the molecule is O=S(=O)(O)c1ccc(/N=N/c2ccc(NCc3ccccc3)cc2)cc1. The van der Waals surface area contributed by atoms with Crippen molar-refractivity contribution in [2.75, 3.05) is 5.32 Å². The number of benzene rings is 3. The molecule has 0 unspecified atom stereocenters. The van der Waals surface area contributed by atoms with Crippen LogP contribution in [0.15, 0.2) is 94.0 Å². The van der Waals surface area contributed by atoms with Crippen molar-refractivity contribution in [1.82, 2.24) is 0 Å². The smallest absolute Gasteiger partial charge is 0.294 e. The Hall–Kier alpha value is -3.03. The third kappa shape index (κ3) is 4.98. The van der Waals surface area contributed by atoms with Gasteiger partial charge in [0.1, 0.15) is 0 Å². The monoisotopic (exact) mass is 367 g/mol. The van der Waals surface area contributed by atoms with Gasteiger partial charge in [-0.25, -0.2) is 0 Å². The van der Waals surface area contributed by atoms with Crippen molar-refractivity contribution in [3.05, 3.63) is 84.4 Å². The quantitative estimate of drug-likeness (QED) is 0.476. The second kappa shape index (κ2) is 7.90. The summed E-state index contributed by atoms with van der Waals surface area (Å²) in [6.07, 6.45) is 0. The minimum atomic E-state index is -4.20. The second-order valence-corrected chi connectivity index (χ2v) is 6.98. The van der Waals surface area contributed by atoms with E-state index in [1.807, 2.05) is 42.5 Å². The van der Waals surface area contributed by atoms with Crippen LogP contribution in [0.2, 0.25) is 0 Å². The zero-order valence-electron chi connectivity index (χ0n) is 13.8. The highest BCUT2D eigenvalue weighted by atomic mass is 32.2. The highest BCUT2D eigenvalue weighted by Crippen LogP contribution is 2.22. The Labute approximate surface area is 152 Å². The molecule has 3 aromatic rings. The number of hydrogen-bond acceptors (Lipinski definition) is 5. The summed E-state index contributed by atoms with van der Waals surface area (Å²) >= 11 is 0. The highest BCUT2D eigenvalue weighted by Gasteiger charge is 2.07. The van der Waals surface area contributed by atoms with E-state index in [1.165, 1.54) is 29.8 Å². The first-order valence-corrected chi connectivity index (χ1v) is 9.32. The van der Waals surface area contributed by atoms with Crippen molar-refractivity contribution >= 4 is 27.2 Å². The fraction of sp³-hybridized carbons (Fsp3) is 0.0526. The average Bonchev–Trinajstić information content (AvgIpc) is 2.66. The topological polar surface area (TPSA) is 91.1 Å². The molecule has 132 valence electrons. The predicted molar refractivity (Wildman–Crippen MR) is 101 cm³/mol. The molecule has 26 heavy (non-hydrogen) atoms. The molecular weight excluding hydrogens is 350 g/mol. The van der Waals surface area contributed by atoms with Crippen LogP contribution in [0.1, 0.15) is 5.56 Å². The summed E-state index contributed by atoms with van der Waals surface area (Å²) in [6.45, 7) is 0.738. The molecule has 3 rings (SSSR count). The Kier molecular flexibility index (Phi) is 5.40.